The lowest BCUT2D eigenvalue weighted by Gasteiger charge is -2.12. The molecule has 2 aromatic rings. The molecule has 2 heterocycles. The number of hydrogen-bond donors (Lipinski definition) is 1. The molecule has 0 saturated carbocycles. The van der Waals surface area contributed by atoms with Crippen molar-refractivity contribution in [2.24, 2.45) is 0 Å². The van der Waals surface area contributed by atoms with Crippen LogP contribution in [0.3, 0.4) is 0 Å². The van der Waals surface area contributed by atoms with Crippen molar-refractivity contribution in [3.8, 4) is 5.82 Å². The molecule has 7 heteroatoms. The fourth-order valence-corrected chi connectivity index (χ4v) is 1.73. The summed E-state index contributed by atoms with van der Waals surface area (Å²) in [5.41, 5.74) is -0.674. The van der Waals surface area contributed by atoms with Gasteiger partial charge in [0.1, 0.15) is 0 Å². The summed E-state index contributed by atoms with van der Waals surface area (Å²) < 4.78 is 40.2. The molecule has 4 nitrogen and oxygen atoms in total. The minimum atomic E-state index is -4.47. The van der Waals surface area contributed by atoms with Gasteiger partial charge in [0.25, 0.3) is 0 Å². The Kier molecular flexibility index (Phi) is 3.84. The van der Waals surface area contributed by atoms with E-state index in [1.165, 1.54) is 18.5 Å². The van der Waals surface area contributed by atoms with E-state index in [2.05, 4.69) is 15.4 Å². The summed E-state index contributed by atoms with van der Waals surface area (Å²) in [6, 6.07) is 4.74. The van der Waals surface area contributed by atoms with Gasteiger partial charge in [0.05, 0.1) is 6.20 Å². The molecule has 0 fully saturated rings. The molecule has 0 radical (unpaired) electrons. The van der Waals surface area contributed by atoms with Crippen LogP contribution in [0.1, 0.15) is 18.2 Å². The number of pyridine rings is 1. The molecule has 0 aliphatic carbocycles. The molecule has 0 aromatic carbocycles. The third kappa shape index (κ3) is 2.93. The third-order valence-electron chi connectivity index (χ3n) is 2.55. The molecule has 0 unspecified atom stereocenters. The van der Waals surface area contributed by atoms with Gasteiger partial charge in [0, 0.05) is 18.3 Å². The first-order valence-corrected chi connectivity index (χ1v) is 5.80. The molecule has 0 amide bonds. The molecule has 0 aliphatic rings. The summed E-state index contributed by atoms with van der Waals surface area (Å²) in [6.45, 7) is 2.54. The van der Waals surface area contributed by atoms with E-state index in [9.17, 15) is 13.2 Å². The van der Waals surface area contributed by atoms with Crippen molar-refractivity contribution in [2.75, 3.05) is 6.54 Å². The van der Waals surface area contributed by atoms with Gasteiger partial charge < -0.3 is 5.32 Å². The van der Waals surface area contributed by atoms with E-state index in [0.717, 1.165) is 4.68 Å². The van der Waals surface area contributed by atoms with Crippen LogP contribution in [0.5, 0.6) is 0 Å². The summed E-state index contributed by atoms with van der Waals surface area (Å²) in [6.07, 6.45) is -1.82. The first-order valence-electron chi connectivity index (χ1n) is 5.80. The van der Waals surface area contributed by atoms with Gasteiger partial charge in [-0.15, -0.1) is 0 Å². The zero-order valence-electron chi connectivity index (χ0n) is 10.3. The van der Waals surface area contributed by atoms with Gasteiger partial charge in [0.2, 0.25) is 0 Å². The Bertz CT molecular complexity index is 534. The van der Waals surface area contributed by atoms with E-state index in [1.807, 2.05) is 6.92 Å². The zero-order valence-corrected chi connectivity index (χ0v) is 10.3. The van der Waals surface area contributed by atoms with Crippen molar-refractivity contribution in [1.29, 1.82) is 0 Å². The van der Waals surface area contributed by atoms with Gasteiger partial charge in [0.15, 0.2) is 11.5 Å². The summed E-state index contributed by atoms with van der Waals surface area (Å²) >= 11 is 0. The van der Waals surface area contributed by atoms with Gasteiger partial charge in [-0.05, 0) is 18.7 Å². The highest BCUT2D eigenvalue weighted by Gasteiger charge is 2.38. The Balaban J connectivity index is 2.47. The molecule has 2 rings (SSSR count). The Labute approximate surface area is 108 Å². The quantitative estimate of drug-likeness (QED) is 0.927. The molecular formula is C12H13F3N4. The summed E-state index contributed by atoms with van der Waals surface area (Å²) in [4.78, 5) is 3.90. The van der Waals surface area contributed by atoms with E-state index in [0.29, 0.717) is 6.54 Å². The first-order chi connectivity index (χ1) is 9.04. The largest absolute Gasteiger partial charge is 0.433 e. The lowest BCUT2D eigenvalue weighted by molar-refractivity contribution is -0.143. The molecule has 102 valence electrons. The highest BCUT2D eigenvalue weighted by Crippen LogP contribution is 2.33. The lowest BCUT2D eigenvalue weighted by atomic mass is 10.2. The molecule has 0 aliphatic heterocycles. The van der Waals surface area contributed by atoms with E-state index in [4.69, 9.17) is 0 Å². The number of aromatic nitrogens is 3. The fraction of sp³-hybridized carbons (Fsp3) is 0.333. The van der Waals surface area contributed by atoms with E-state index in [1.54, 1.807) is 12.1 Å². The van der Waals surface area contributed by atoms with E-state index < -0.39 is 11.9 Å². The number of hydrogen-bond acceptors (Lipinski definition) is 3. The van der Waals surface area contributed by atoms with Crippen LogP contribution in [-0.2, 0) is 12.7 Å². The van der Waals surface area contributed by atoms with Crippen LogP contribution in [0.25, 0.3) is 5.82 Å². The highest BCUT2D eigenvalue weighted by molar-refractivity contribution is 5.30. The van der Waals surface area contributed by atoms with Gasteiger partial charge in [-0.2, -0.15) is 18.3 Å². The number of nitrogens with zero attached hydrogens (tertiary/aromatic N) is 3. The Morgan fingerprint density at radius 2 is 2.11 bits per heavy atom. The van der Waals surface area contributed by atoms with E-state index in [-0.39, 0.29) is 17.9 Å². The van der Waals surface area contributed by atoms with Crippen molar-refractivity contribution in [3.05, 3.63) is 41.9 Å². The molecule has 1 N–H and O–H groups in total. The second-order valence-corrected chi connectivity index (χ2v) is 3.90. The van der Waals surface area contributed by atoms with Crippen molar-refractivity contribution in [1.82, 2.24) is 20.1 Å². The summed E-state index contributed by atoms with van der Waals surface area (Å²) in [5.74, 6) is 0.151. The van der Waals surface area contributed by atoms with Crippen LogP contribution in [0.15, 0.2) is 30.6 Å². The minimum Gasteiger partial charge on any atom is -0.313 e. The lowest BCUT2D eigenvalue weighted by Crippen LogP contribution is -2.19. The van der Waals surface area contributed by atoms with Crippen LogP contribution >= 0.6 is 0 Å². The van der Waals surface area contributed by atoms with Crippen molar-refractivity contribution < 1.29 is 13.2 Å². The van der Waals surface area contributed by atoms with Crippen molar-refractivity contribution in [3.63, 3.8) is 0 Å². The predicted octanol–water partition coefficient (Wildman–Crippen LogP) is 2.40. The highest BCUT2D eigenvalue weighted by atomic mass is 19.4. The van der Waals surface area contributed by atoms with Crippen LogP contribution in [-0.4, -0.2) is 21.3 Å². The molecule has 19 heavy (non-hydrogen) atoms. The zero-order chi connectivity index (χ0) is 13.9. The smallest absolute Gasteiger partial charge is 0.313 e. The summed E-state index contributed by atoms with van der Waals surface area (Å²) in [5, 5.41) is 6.67. The maximum atomic E-state index is 13.1. The molecule has 2 aromatic heterocycles. The fourth-order valence-electron chi connectivity index (χ4n) is 1.73. The Hall–Kier alpha value is -1.89. The van der Waals surface area contributed by atoms with Gasteiger partial charge in [-0.3, -0.25) is 0 Å². The predicted molar refractivity (Wildman–Crippen MR) is 63.7 cm³/mol. The Morgan fingerprint density at radius 1 is 1.32 bits per heavy atom. The van der Waals surface area contributed by atoms with Gasteiger partial charge >= 0.3 is 6.18 Å². The van der Waals surface area contributed by atoms with Gasteiger partial charge in [-0.1, -0.05) is 13.0 Å². The molecular weight excluding hydrogens is 257 g/mol. The maximum Gasteiger partial charge on any atom is 0.433 e. The van der Waals surface area contributed by atoms with Gasteiger partial charge in [-0.25, -0.2) is 9.67 Å². The first kappa shape index (κ1) is 13.5. The topological polar surface area (TPSA) is 42.7 Å². The van der Waals surface area contributed by atoms with Crippen LogP contribution < -0.4 is 5.32 Å². The molecule has 0 spiro atoms. The van der Waals surface area contributed by atoms with Crippen molar-refractivity contribution in [2.45, 2.75) is 19.6 Å². The average Bonchev–Trinajstić information content (AvgIpc) is 2.81. The molecule has 0 bridgehead atoms. The second-order valence-electron chi connectivity index (χ2n) is 3.90. The number of rotatable bonds is 4. The van der Waals surface area contributed by atoms with Crippen LogP contribution in [0.4, 0.5) is 13.2 Å². The SMILES string of the molecule is CCNCc1cnn(-c2ccccn2)c1C(F)(F)F. The molecule has 0 saturated heterocycles. The van der Waals surface area contributed by atoms with Crippen LogP contribution in [0.2, 0.25) is 0 Å². The maximum absolute atomic E-state index is 13.1. The van der Waals surface area contributed by atoms with Crippen LogP contribution in [0, 0.1) is 0 Å². The number of halogens is 3. The monoisotopic (exact) mass is 270 g/mol. The van der Waals surface area contributed by atoms with E-state index >= 15 is 0 Å². The third-order valence-corrected chi connectivity index (χ3v) is 2.55. The normalized spacial score (nSPS) is 11.8. The Morgan fingerprint density at radius 3 is 2.68 bits per heavy atom. The molecule has 0 atom stereocenters. The minimum absolute atomic E-state index is 0.111. The summed E-state index contributed by atoms with van der Waals surface area (Å²) in [7, 11) is 0. The second kappa shape index (κ2) is 5.40. The average molecular weight is 270 g/mol. The number of nitrogens with one attached hydrogen (secondary N) is 1. The number of alkyl halides is 3. The van der Waals surface area contributed by atoms with Crippen molar-refractivity contribution >= 4 is 0 Å². The standard InChI is InChI=1S/C12H13F3N4/c1-2-16-7-9-8-18-19(11(9)12(13,14)15)10-5-3-4-6-17-10/h3-6,8,16H,2,7H2,1H3.